The van der Waals surface area contributed by atoms with Crippen molar-refractivity contribution in [2.75, 3.05) is 27.2 Å². The van der Waals surface area contributed by atoms with Gasteiger partial charge in [-0.1, -0.05) is 56.3 Å². The first kappa shape index (κ1) is 19.3. The highest BCUT2D eigenvalue weighted by Gasteiger charge is 2.38. The van der Waals surface area contributed by atoms with Gasteiger partial charge in [-0.2, -0.15) is 0 Å². The number of nitrogens with one attached hydrogen (secondary N) is 1. The van der Waals surface area contributed by atoms with E-state index in [-0.39, 0.29) is 12.0 Å². The zero-order chi connectivity index (χ0) is 18.4. The van der Waals surface area contributed by atoms with E-state index in [1.165, 1.54) is 10.8 Å². The molecule has 0 aliphatic rings. The fourth-order valence-electron chi connectivity index (χ4n) is 3.37. The van der Waals surface area contributed by atoms with E-state index in [0.29, 0.717) is 6.61 Å². The molecular weight excluding hydrogens is 312 g/mol. The summed E-state index contributed by atoms with van der Waals surface area (Å²) in [4.78, 5) is 14.5. The third-order valence-corrected chi connectivity index (χ3v) is 4.81. The molecule has 1 amide bonds. The predicted molar refractivity (Wildman–Crippen MR) is 104 cm³/mol. The average molecular weight is 342 g/mol. The highest BCUT2D eigenvalue weighted by Crippen LogP contribution is 2.37. The topological polar surface area (TPSA) is 41.6 Å². The number of hydrogen-bond acceptors (Lipinski definition) is 3. The smallest absolute Gasteiger partial charge is 0.407 e. The number of fused-ring (bicyclic) bond motifs is 1. The minimum atomic E-state index is -0.489. The van der Waals surface area contributed by atoms with Crippen molar-refractivity contribution in [1.29, 1.82) is 0 Å². The Hall–Kier alpha value is -2.07. The zero-order valence-corrected chi connectivity index (χ0v) is 16.0. The van der Waals surface area contributed by atoms with Gasteiger partial charge in [-0.25, -0.2) is 4.79 Å². The summed E-state index contributed by atoms with van der Waals surface area (Å²) in [6.45, 7) is 7.37. The molecule has 136 valence electrons. The largest absolute Gasteiger partial charge is 0.450 e. The van der Waals surface area contributed by atoms with Crippen LogP contribution in [0.4, 0.5) is 4.79 Å². The number of carbonyl (C=O) groups excluding carboxylic acids is 1. The molecular formula is C21H30N2O2. The summed E-state index contributed by atoms with van der Waals surface area (Å²) in [6.07, 6.45) is 0.452. The van der Waals surface area contributed by atoms with Gasteiger partial charge in [0.1, 0.15) is 0 Å². The van der Waals surface area contributed by atoms with Crippen molar-refractivity contribution >= 4 is 16.9 Å². The maximum absolute atomic E-state index is 12.4. The molecule has 2 aromatic carbocycles. The molecule has 0 fully saturated rings. The van der Waals surface area contributed by atoms with Crippen LogP contribution in [0, 0.1) is 5.92 Å². The van der Waals surface area contributed by atoms with Crippen molar-refractivity contribution in [2.24, 2.45) is 5.92 Å². The number of nitrogens with zero attached hydrogens (tertiary/aromatic N) is 1. The summed E-state index contributed by atoms with van der Waals surface area (Å²) in [6, 6.07) is 14.6. The van der Waals surface area contributed by atoms with Gasteiger partial charge in [-0.05, 0) is 49.7 Å². The van der Waals surface area contributed by atoms with E-state index < -0.39 is 5.54 Å². The maximum atomic E-state index is 12.4. The lowest BCUT2D eigenvalue weighted by molar-refractivity contribution is 0.120. The maximum Gasteiger partial charge on any atom is 0.407 e. The molecule has 0 heterocycles. The lowest BCUT2D eigenvalue weighted by Crippen LogP contribution is -2.51. The first-order valence-corrected chi connectivity index (χ1v) is 8.98. The van der Waals surface area contributed by atoms with Crippen molar-refractivity contribution < 1.29 is 9.53 Å². The van der Waals surface area contributed by atoms with Gasteiger partial charge in [0.15, 0.2) is 0 Å². The average Bonchev–Trinajstić information content (AvgIpc) is 2.58. The first-order chi connectivity index (χ1) is 11.9. The van der Waals surface area contributed by atoms with E-state index in [9.17, 15) is 4.79 Å². The van der Waals surface area contributed by atoms with Crippen molar-refractivity contribution in [3.63, 3.8) is 0 Å². The zero-order valence-electron chi connectivity index (χ0n) is 16.0. The summed E-state index contributed by atoms with van der Waals surface area (Å²) in [7, 11) is 4.11. The van der Waals surface area contributed by atoms with Crippen LogP contribution in [0.2, 0.25) is 0 Å². The van der Waals surface area contributed by atoms with Gasteiger partial charge in [-0.3, -0.25) is 0 Å². The van der Waals surface area contributed by atoms with Gasteiger partial charge in [0.25, 0.3) is 0 Å². The van der Waals surface area contributed by atoms with Gasteiger partial charge in [0.05, 0.1) is 12.1 Å². The molecule has 25 heavy (non-hydrogen) atoms. The van der Waals surface area contributed by atoms with Gasteiger partial charge in [-0.15, -0.1) is 0 Å². The second-order valence-electron chi connectivity index (χ2n) is 7.05. The summed E-state index contributed by atoms with van der Waals surface area (Å²) >= 11 is 0. The molecule has 2 rings (SSSR count). The van der Waals surface area contributed by atoms with Crippen molar-refractivity contribution in [2.45, 2.75) is 32.7 Å². The highest BCUT2D eigenvalue weighted by molar-refractivity contribution is 5.87. The van der Waals surface area contributed by atoms with Crippen LogP contribution >= 0.6 is 0 Å². The SMILES string of the molecule is CCOC(=O)NC(CCN(C)C)(c1cccc2ccccc12)C(C)C. The van der Waals surface area contributed by atoms with Gasteiger partial charge >= 0.3 is 6.09 Å². The van der Waals surface area contributed by atoms with Gasteiger partial charge in [0.2, 0.25) is 0 Å². The molecule has 1 unspecified atom stereocenters. The molecule has 0 saturated heterocycles. The number of ether oxygens (including phenoxy) is 1. The summed E-state index contributed by atoms with van der Waals surface area (Å²) < 4.78 is 5.22. The number of benzene rings is 2. The Morgan fingerprint density at radius 1 is 1.16 bits per heavy atom. The Balaban J connectivity index is 2.59. The standard InChI is InChI=1S/C21H30N2O2/c1-6-25-20(24)22-21(16(2)3,14-15-23(4)5)19-13-9-11-17-10-7-8-12-18(17)19/h7-13,16H,6,14-15H2,1-5H3,(H,22,24). The Bertz CT molecular complexity index is 707. The summed E-state index contributed by atoms with van der Waals surface area (Å²) in [5.41, 5.74) is 0.660. The van der Waals surface area contributed by atoms with Crippen molar-refractivity contribution in [3.05, 3.63) is 48.0 Å². The van der Waals surface area contributed by atoms with Crippen LogP contribution < -0.4 is 5.32 Å². The normalized spacial score (nSPS) is 13.9. The molecule has 0 saturated carbocycles. The summed E-state index contributed by atoms with van der Waals surface area (Å²) in [5, 5.41) is 5.56. The van der Waals surface area contributed by atoms with E-state index in [2.05, 4.69) is 68.5 Å². The van der Waals surface area contributed by atoms with E-state index in [1.807, 2.05) is 19.1 Å². The van der Waals surface area contributed by atoms with Crippen LogP contribution in [-0.2, 0) is 10.3 Å². The van der Waals surface area contributed by atoms with Crippen LogP contribution in [0.1, 0.15) is 32.8 Å². The predicted octanol–water partition coefficient (Wildman–Crippen LogP) is 4.39. The molecule has 0 aliphatic carbocycles. The highest BCUT2D eigenvalue weighted by atomic mass is 16.5. The fraction of sp³-hybridized carbons (Fsp3) is 0.476. The van der Waals surface area contributed by atoms with Crippen LogP contribution in [0.3, 0.4) is 0 Å². The lowest BCUT2D eigenvalue weighted by atomic mass is 9.75. The first-order valence-electron chi connectivity index (χ1n) is 8.98. The molecule has 4 nitrogen and oxygen atoms in total. The van der Waals surface area contributed by atoms with E-state index in [0.717, 1.165) is 18.5 Å². The molecule has 0 radical (unpaired) electrons. The minimum absolute atomic E-state index is 0.211. The lowest BCUT2D eigenvalue weighted by Gasteiger charge is -2.40. The van der Waals surface area contributed by atoms with Crippen molar-refractivity contribution in [3.8, 4) is 0 Å². The molecule has 0 bridgehead atoms. The Labute approximate surface area is 151 Å². The molecule has 0 aromatic heterocycles. The third-order valence-electron chi connectivity index (χ3n) is 4.81. The Morgan fingerprint density at radius 3 is 2.48 bits per heavy atom. The second-order valence-corrected chi connectivity index (χ2v) is 7.05. The minimum Gasteiger partial charge on any atom is -0.450 e. The van der Waals surface area contributed by atoms with Crippen molar-refractivity contribution in [1.82, 2.24) is 10.2 Å². The second kappa shape index (κ2) is 8.34. The van der Waals surface area contributed by atoms with Crippen LogP contribution in [0.25, 0.3) is 10.8 Å². The van der Waals surface area contributed by atoms with E-state index in [4.69, 9.17) is 4.74 Å². The number of carbonyl (C=O) groups is 1. The molecule has 0 aliphatic heterocycles. The quantitative estimate of drug-likeness (QED) is 0.811. The molecule has 2 aromatic rings. The number of amides is 1. The van der Waals surface area contributed by atoms with Crippen LogP contribution in [0.5, 0.6) is 0 Å². The Kier molecular flexibility index (Phi) is 6.43. The molecule has 4 heteroatoms. The molecule has 1 atom stereocenters. The number of rotatable bonds is 7. The Morgan fingerprint density at radius 2 is 1.84 bits per heavy atom. The fourth-order valence-corrected chi connectivity index (χ4v) is 3.37. The van der Waals surface area contributed by atoms with Crippen LogP contribution in [-0.4, -0.2) is 38.2 Å². The number of hydrogen-bond donors (Lipinski definition) is 1. The third kappa shape index (κ3) is 4.31. The monoisotopic (exact) mass is 342 g/mol. The molecule has 1 N–H and O–H groups in total. The summed E-state index contributed by atoms with van der Waals surface area (Å²) in [5.74, 6) is 0.211. The molecule has 0 spiro atoms. The van der Waals surface area contributed by atoms with Crippen LogP contribution in [0.15, 0.2) is 42.5 Å². The van der Waals surface area contributed by atoms with E-state index >= 15 is 0 Å². The number of alkyl carbamates (subject to hydrolysis) is 1. The van der Waals surface area contributed by atoms with Gasteiger partial charge < -0.3 is 15.0 Å². The van der Waals surface area contributed by atoms with E-state index in [1.54, 1.807) is 0 Å². The van der Waals surface area contributed by atoms with Gasteiger partial charge in [0, 0.05) is 6.54 Å².